The molecule has 0 spiro atoms. The van der Waals surface area contributed by atoms with Gasteiger partial charge in [-0.1, -0.05) is 6.92 Å². The van der Waals surface area contributed by atoms with Gasteiger partial charge in [0.05, 0.1) is 12.3 Å². The second-order valence-corrected chi connectivity index (χ2v) is 6.96. The second-order valence-electron chi connectivity index (χ2n) is 6.96. The molecule has 2 aliphatic rings. The first-order valence-electron chi connectivity index (χ1n) is 8.74. The molecular formula is C20H22FNO2. The van der Waals surface area contributed by atoms with Crippen molar-refractivity contribution in [3.05, 3.63) is 41.3 Å². The third-order valence-electron chi connectivity index (χ3n) is 5.44. The lowest BCUT2D eigenvalue weighted by Crippen LogP contribution is -2.20. The first-order valence-corrected chi connectivity index (χ1v) is 8.74. The molecule has 1 aromatic carbocycles. The van der Waals surface area contributed by atoms with Crippen LogP contribution in [0.1, 0.15) is 61.5 Å². The van der Waals surface area contributed by atoms with Crippen LogP contribution in [0.15, 0.2) is 24.4 Å². The minimum atomic E-state index is -0.329. The number of carbonyl (C=O) groups is 1. The molecule has 2 atom stereocenters. The third kappa shape index (κ3) is 2.20. The van der Waals surface area contributed by atoms with Crippen molar-refractivity contribution in [3.8, 4) is 17.0 Å². The zero-order chi connectivity index (χ0) is 17.0. The second kappa shape index (κ2) is 5.47. The molecule has 1 aliphatic carbocycles. The van der Waals surface area contributed by atoms with Crippen LogP contribution in [-0.4, -0.2) is 17.0 Å². The Balaban J connectivity index is 1.93. The number of carbonyl (C=O) groups excluding carboxylic acids is 1. The van der Waals surface area contributed by atoms with Gasteiger partial charge in [-0.15, -0.1) is 0 Å². The van der Waals surface area contributed by atoms with Crippen molar-refractivity contribution in [1.82, 2.24) is 4.57 Å². The molecule has 1 aliphatic heterocycles. The van der Waals surface area contributed by atoms with E-state index in [4.69, 9.17) is 4.74 Å². The number of fused-ring (bicyclic) bond motifs is 3. The molecule has 1 saturated carbocycles. The summed E-state index contributed by atoms with van der Waals surface area (Å²) in [5.74, 6) is 0.495. The highest BCUT2D eigenvalue weighted by atomic mass is 19.1. The number of rotatable bonds is 4. The van der Waals surface area contributed by atoms with Gasteiger partial charge in [0, 0.05) is 35.2 Å². The van der Waals surface area contributed by atoms with E-state index >= 15 is 0 Å². The fourth-order valence-electron chi connectivity index (χ4n) is 3.75. The van der Waals surface area contributed by atoms with Gasteiger partial charge in [0.1, 0.15) is 0 Å². The Bertz CT molecular complexity index is 819. The summed E-state index contributed by atoms with van der Waals surface area (Å²) < 4.78 is 22.0. The van der Waals surface area contributed by atoms with E-state index in [0.717, 1.165) is 35.2 Å². The molecule has 0 radical (unpaired) electrons. The molecule has 2 unspecified atom stereocenters. The Hall–Kier alpha value is -2.10. The van der Waals surface area contributed by atoms with Gasteiger partial charge in [-0.2, -0.15) is 0 Å². The number of aromatic nitrogens is 1. The van der Waals surface area contributed by atoms with Crippen LogP contribution in [0.5, 0.6) is 5.75 Å². The summed E-state index contributed by atoms with van der Waals surface area (Å²) >= 11 is 0. The van der Waals surface area contributed by atoms with E-state index in [2.05, 4.69) is 18.4 Å². The van der Waals surface area contributed by atoms with Gasteiger partial charge < -0.3 is 9.30 Å². The molecule has 1 aromatic heterocycles. The summed E-state index contributed by atoms with van der Waals surface area (Å²) in [7, 11) is 0. The summed E-state index contributed by atoms with van der Waals surface area (Å²) in [6, 6.07) is 5.47. The van der Waals surface area contributed by atoms with E-state index in [1.54, 1.807) is 12.1 Å². The molecule has 0 saturated heterocycles. The van der Waals surface area contributed by atoms with E-state index in [1.165, 1.54) is 0 Å². The van der Waals surface area contributed by atoms with Crippen molar-refractivity contribution >= 4 is 5.78 Å². The predicted octanol–water partition coefficient (Wildman–Crippen LogP) is 4.96. The summed E-state index contributed by atoms with van der Waals surface area (Å²) in [6.45, 7) is 6.48. The van der Waals surface area contributed by atoms with Gasteiger partial charge in [-0.25, -0.2) is 4.39 Å². The summed E-state index contributed by atoms with van der Waals surface area (Å²) in [5.41, 5.74) is 3.58. The molecule has 3 nitrogen and oxygen atoms in total. The van der Waals surface area contributed by atoms with Crippen LogP contribution in [0, 0.1) is 11.7 Å². The van der Waals surface area contributed by atoms with Crippen molar-refractivity contribution < 1.29 is 13.9 Å². The Labute approximate surface area is 141 Å². The minimum absolute atomic E-state index is 0.169. The van der Waals surface area contributed by atoms with Crippen LogP contribution < -0.4 is 4.74 Å². The van der Waals surface area contributed by atoms with E-state index < -0.39 is 0 Å². The summed E-state index contributed by atoms with van der Waals surface area (Å²) in [5, 5.41) is 0. The quantitative estimate of drug-likeness (QED) is 0.743. The Morgan fingerprint density at radius 3 is 2.75 bits per heavy atom. The minimum Gasteiger partial charge on any atom is -0.491 e. The van der Waals surface area contributed by atoms with Gasteiger partial charge in [0.2, 0.25) is 0 Å². The number of Topliss-reactive ketones (excluding diaryl/α,β-unsaturated/α-hetero) is 1. The molecule has 0 bridgehead atoms. The highest BCUT2D eigenvalue weighted by Crippen LogP contribution is 2.47. The standard InChI is InChI=1S/C20H22FNO2/c1-4-24-18-10-16-15(9-17(18)21)11(2)12(3)22-8-7-14(19(16)22)20(23)13-5-6-13/h7-13H,4-6H2,1-3H3. The van der Waals surface area contributed by atoms with E-state index in [0.29, 0.717) is 6.61 Å². The number of nitrogens with zero attached hydrogens (tertiary/aromatic N) is 1. The predicted molar refractivity (Wildman–Crippen MR) is 91.2 cm³/mol. The van der Waals surface area contributed by atoms with E-state index in [1.807, 2.05) is 19.2 Å². The van der Waals surface area contributed by atoms with Crippen molar-refractivity contribution in [3.63, 3.8) is 0 Å². The van der Waals surface area contributed by atoms with Gasteiger partial charge in [0.25, 0.3) is 0 Å². The maximum absolute atomic E-state index is 14.4. The van der Waals surface area contributed by atoms with Crippen LogP contribution in [0.25, 0.3) is 11.3 Å². The average Bonchev–Trinajstić information content (AvgIpc) is 3.32. The molecule has 126 valence electrons. The highest BCUT2D eigenvalue weighted by molar-refractivity contribution is 6.05. The molecule has 0 N–H and O–H groups in total. The SMILES string of the molecule is CCOc1cc2c(cc1F)C(C)C(C)n1ccc(C(=O)C3CC3)c1-2. The first kappa shape index (κ1) is 15.4. The molecule has 4 rings (SSSR count). The lowest BCUT2D eigenvalue weighted by Gasteiger charge is -2.32. The van der Waals surface area contributed by atoms with Crippen molar-refractivity contribution in [2.24, 2.45) is 5.92 Å². The van der Waals surface area contributed by atoms with Crippen LogP contribution in [0.2, 0.25) is 0 Å². The third-order valence-corrected chi connectivity index (χ3v) is 5.44. The lowest BCUT2D eigenvalue weighted by molar-refractivity contribution is 0.0968. The molecule has 4 heteroatoms. The Morgan fingerprint density at radius 1 is 1.33 bits per heavy atom. The normalized spacial score (nSPS) is 22.0. The average molecular weight is 327 g/mol. The maximum atomic E-state index is 14.4. The van der Waals surface area contributed by atoms with Crippen molar-refractivity contribution in [2.45, 2.75) is 45.6 Å². The number of ether oxygens (including phenoxy) is 1. The van der Waals surface area contributed by atoms with Crippen LogP contribution in [-0.2, 0) is 0 Å². The Kier molecular flexibility index (Phi) is 3.52. The number of hydrogen-bond acceptors (Lipinski definition) is 2. The molecular weight excluding hydrogens is 305 g/mol. The zero-order valence-electron chi connectivity index (χ0n) is 14.3. The molecule has 0 amide bonds. The Morgan fingerprint density at radius 2 is 2.08 bits per heavy atom. The monoisotopic (exact) mass is 327 g/mol. The maximum Gasteiger partial charge on any atom is 0.168 e. The highest BCUT2D eigenvalue weighted by Gasteiger charge is 2.37. The van der Waals surface area contributed by atoms with Crippen molar-refractivity contribution in [1.29, 1.82) is 0 Å². The van der Waals surface area contributed by atoms with Gasteiger partial charge in [-0.05, 0) is 50.5 Å². The summed E-state index contributed by atoms with van der Waals surface area (Å²) in [4.78, 5) is 12.7. The van der Waals surface area contributed by atoms with Crippen LogP contribution >= 0.6 is 0 Å². The fraction of sp³-hybridized carbons (Fsp3) is 0.450. The molecule has 2 aromatic rings. The van der Waals surface area contributed by atoms with Gasteiger partial charge in [0.15, 0.2) is 17.3 Å². The molecule has 1 fully saturated rings. The number of benzene rings is 1. The van der Waals surface area contributed by atoms with Gasteiger partial charge in [-0.3, -0.25) is 4.79 Å². The smallest absolute Gasteiger partial charge is 0.168 e. The van der Waals surface area contributed by atoms with E-state index in [9.17, 15) is 9.18 Å². The van der Waals surface area contributed by atoms with E-state index in [-0.39, 0.29) is 35.2 Å². The first-order chi connectivity index (χ1) is 11.5. The number of halogens is 1. The van der Waals surface area contributed by atoms with Gasteiger partial charge >= 0.3 is 0 Å². The largest absolute Gasteiger partial charge is 0.491 e. The number of ketones is 1. The zero-order valence-corrected chi connectivity index (χ0v) is 14.3. The molecule has 2 heterocycles. The lowest BCUT2D eigenvalue weighted by atomic mass is 9.84. The van der Waals surface area contributed by atoms with Crippen LogP contribution in [0.4, 0.5) is 4.39 Å². The number of hydrogen-bond donors (Lipinski definition) is 0. The molecule has 24 heavy (non-hydrogen) atoms. The summed E-state index contributed by atoms with van der Waals surface area (Å²) in [6.07, 6.45) is 3.96. The topological polar surface area (TPSA) is 31.2 Å². The van der Waals surface area contributed by atoms with Crippen molar-refractivity contribution in [2.75, 3.05) is 6.61 Å². The fourth-order valence-corrected chi connectivity index (χ4v) is 3.75. The van der Waals surface area contributed by atoms with Crippen LogP contribution in [0.3, 0.4) is 0 Å².